The second-order valence-electron chi connectivity index (χ2n) is 8.56. The van der Waals surface area contributed by atoms with E-state index < -0.39 is 15.5 Å². The van der Waals surface area contributed by atoms with Crippen LogP contribution in [0.4, 0.5) is 12.7 Å². The monoisotopic (exact) mass is 471 g/mol. The van der Waals surface area contributed by atoms with Crippen LogP contribution < -0.4 is 3.86 Å². The Morgan fingerprint density at radius 3 is 1.48 bits per heavy atom. The molecule has 168 valence electrons. The normalized spacial score (nSPS) is 11.3. The number of aryl methyl sites for hydroxylation is 1. The first kappa shape index (κ1) is 26.5. The van der Waals surface area contributed by atoms with Gasteiger partial charge in [0.2, 0.25) is 0 Å². The standard InChI is InChI=1S/C25H45F2GeN/c1-3-4-5-6-7-8-9-10-11-12-13-14-15-16-17-20-23-29(28(26)27)25-22-19-18-21-24(25)2/h18-19,21-22,28H,3-17,20,23H2,1-2H3. The molecule has 0 heterocycles. The van der Waals surface area contributed by atoms with Crippen molar-refractivity contribution < 1.29 is 7.00 Å². The van der Waals surface area contributed by atoms with Gasteiger partial charge in [-0.25, -0.2) is 0 Å². The summed E-state index contributed by atoms with van der Waals surface area (Å²) in [6.45, 7) is 4.73. The molecule has 0 fully saturated rings. The van der Waals surface area contributed by atoms with Crippen molar-refractivity contribution in [2.75, 3.05) is 10.4 Å². The van der Waals surface area contributed by atoms with Crippen LogP contribution in [0.25, 0.3) is 0 Å². The third kappa shape index (κ3) is 13.4. The molecule has 0 atom stereocenters. The van der Waals surface area contributed by atoms with Gasteiger partial charge in [0.25, 0.3) is 0 Å². The summed E-state index contributed by atoms with van der Waals surface area (Å²) in [7, 11) is 0. The summed E-state index contributed by atoms with van der Waals surface area (Å²) in [5.74, 6) is 0. The molecule has 0 saturated carbocycles. The molecule has 1 nitrogen and oxygen atoms in total. The molecule has 0 aliphatic rings. The number of rotatable bonds is 19. The van der Waals surface area contributed by atoms with Crippen LogP contribution >= 0.6 is 0 Å². The number of benzene rings is 1. The van der Waals surface area contributed by atoms with Crippen molar-refractivity contribution in [3.63, 3.8) is 0 Å². The minimum absolute atomic E-state index is 0.529. The van der Waals surface area contributed by atoms with Crippen LogP contribution in [0.1, 0.15) is 115 Å². The Morgan fingerprint density at radius 1 is 0.655 bits per heavy atom. The van der Waals surface area contributed by atoms with Crippen molar-refractivity contribution >= 4 is 21.2 Å². The van der Waals surface area contributed by atoms with Gasteiger partial charge in [-0.05, 0) is 0 Å². The Balaban J connectivity index is 1.93. The third-order valence-corrected chi connectivity index (χ3v) is 8.03. The van der Waals surface area contributed by atoms with Crippen LogP contribution in [0.15, 0.2) is 24.3 Å². The van der Waals surface area contributed by atoms with E-state index >= 15 is 0 Å². The van der Waals surface area contributed by atoms with Crippen molar-refractivity contribution in [2.45, 2.75) is 117 Å². The SMILES string of the molecule is CCCCCCCCCCCCCCCCCC[N](c1ccccc1C)[GeH]([F])[F]. The number of halogens is 2. The Kier molecular flexibility index (Phi) is 16.6. The molecule has 0 bridgehead atoms. The first-order valence-corrected chi connectivity index (χ1v) is 15.2. The molecule has 0 aliphatic heterocycles. The minimum atomic E-state index is -4.28. The van der Waals surface area contributed by atoms with Crippen LogP contribution in [0, 0.1) is 6.92 Å². The molecule has 0 aromatic heterocycles. The van der Waals surface area contributed by atoms with Gasteiger partial charge in [0, 0.05) is 0 Å². The Morgan fingerprint density at radius 2 is 1.07 bits per heavy atom. The van der Waals surface area contributed by atoms with Crippen molar-refractivity contribution in [1.29, 1.82) is 0 Å². The first-order valence-electron chi connectivity index (χ1n) is 12.3. The van der Waals surface area contributed by atoms with Gasteiger partial charge >= 0.3 is 140 Å². The Labute approximate surface area is 185 Å². The van der Waals surface area contributed by atoms with E-state index in [0.29, 0.717) is 6.54 Å². The summed E-state index contributed by atoms with van der Waals surface area (Å²) in [5.41, 5.74) is 1.72. The van der Waals surface area contributed by atoms with Gasteiger partial charge < -0.3 is 0 Å². The predicted octanol–water partition coefficient (Wildman–Crippen LogP) is 8.72. The van der Waals surface area contributed by atoms with E-state index in [0.717, 1.165) is 24.1 Å². The van der Waals surface area contributed by atoms with E-state index in [1.54, 1.807) is 0 Å². The second-order valence-corrected chi connectivity index (χ2v) is 11.0. The van der Waals surface area contributed by atoms with Crippen LogP contribution in [-0.4, -0.2) is 22.0 Å². The van der Waals surface area contributed by atoms with Gasteiger partial charge in [0.1, 0.15) is 0 Å². The molecule has 0 radical (unpaired) electrons. The predicted molar refractivity (Wildman–Crippen MR) is 127 cm³/mol. The molecule has 0 unspecified atom stereocenters. The van der Waals surface area contributed by atoms with Gasteiger partial charge in [-0.2, -0.15) is 0 Å². The Bertz CT molecular complexity index is 495. The number of unbranched alkanes of at least 4 members (excludes halogenated alkanes) is 15. The summed E-state index contributed by atoms with van der Waals surface area (Å²) >= 11 is -4.28. The molecule has 0 N–H and O–H groups in total. The number of nitrogens with zero attached hydrogens (tertiary/aromatic N) is 1. The van der Waals surface area contributed by atoms with E-state index in [4.69, 9.17) is 0 Å². The quantitative estimate of drug-likeness (QED) is 0.144. The molecule has 0 spiro atoms. The van der Waals surface area contributed by atoms with Crippen LogP contribution in [0.2, 0.25) is 0 Å². The molecule has 0 aliphatic carbocycles. The van der Waals surface area contributed by atoms with Crippen molar-refractivity contribution in [1.82, 2.24) is 0 Å². The van der Waals surface area contributed by atoms with Gasteiger partial charge in [0.05, 0.1) is 0 Å². The molecular formula is C25H45F2GeN. The number of hydrogen-bond acceptors (Lipinski definition) is 1. The number of hydrogen-bond donors (Lipinski definition) is 0. The first-order chi connectivity index (χ1) is 14.2. The summed E-state index contributed by atoms with van der Waals surface area (Å²) in [4.78, 5) is 0. The maximum atomic E-state index is 13.6. The van der Waals surface area contributed by atoms with E-state index in [2.05, 4.69) is 6.92 Å². The van der Waals surface area contributed by atoms with E-state index in [1.165, 1.54) is 93.7 Å². The molecule has 29 heavy (non-hydrogen) atoms. The van der Waals surface area contributed by atoms with Gasteiger partial charge in [-0.3, -0.25) is 0 Å². The molecule has 1 rings (SSSR count). The fourth-order valence-corrected chi connectivity index (χ4v) is 5.88. The van der Waals surface area contributed by atoms with Gasteiger partial charge in [0.15, 0.2) is 0 Å². The zero-order valence-electron chi connectivity index (χ0n) is 19.1. The van der Waals surface area contributed by atoms with Gasteiger partial charge in [-0.1, -0.05) is 45.4 Å². The van der Waals surface area contributed by atoms with E-state index in [1.807, 2.05) is 31.2 Å². The number of para-hydroxylation sites is 1. The van der Waals surface area contributed by atoms with Crippen molar-refractivity contribution in [3.8, 4) is 0 Å². The van der Waals surface area contributed by atoms with E-state index in [9.17, 15) is 7.00 Å². The zero-order chi connectivity index (χ0) is 21.2. The van der Waals surface area contributed by atoms with Crippen molar-refractivity contribution in [3.05, 3.63) is 29.8 Å². The summed E-state index contributed by atoms with van der Waals surface area (Å²) in [6, 6.07) is 7.57. The molecular weight excluding hydrogens is 425 g/mol. The maximum absolute atomic E-state index is 13.6. The Hall–Kier alpha value is -0.577. The number of anilines is 1. The van der Waals surface area contributed by atoms with Crippen molar-refractivity contribution in [2.24, 2.45) is 0 Å². The van der Waals surface area contributed by atoms with Crippen LogP contribution in [0.3, 0.4) is 0 Å². The molecule has 0 saturated heterocycles. The molecule has 4 heteroatoms. The van der Waals surface area contributed by atoms with Crippen LogP contribution in [0.5, 0.6) is 0 Å². The topological polar surface area (TPSA) is 3.24 Å². The van der Waals surface area contributed by atoms with Crippen LogP contribution in [-0.2, 0) is 0 Å². The fourth-order valence-electron chi connectivity index (χ4n) is 4.04. The fraction of sp³-hybridized carbons (Fsp3) is 0.760. The summed E-state index contributed by atoms with van der Waals surface area (Å²) < 4.78 is 28.6. The van der Waals surface area contributed by atoms with E-state index in [-0.39, 0.29) is 0 Å². The second kappa shape index (κ2) is 18.2. The molecule has 1 aromatic carbocycles. The van der Waals surface area contributed by atoms with Gasteiger partial charge in [-0.15, -0.1) is 0 Å². The molecule has 1 aromatic rings. The third-order valence-electron chi connectivity index (χ3n) is 5.91. The molecule has 0 amide bonds. The zero-order valence-corrected chi connectivity index (χ0v) is 21.5. The summed E-state index contributed by atoms with van der Waals surface area (Å²) in [6.07, 6.45) is 21.1. The average molecular weight is 470 g/mol. The summed E-state index contributed by atoms with van der Waals surface area (Å²) in [5, 5.41) is 0. The average Bonchev–Trinajstić information content (AvgIpc) is 2.71.